The minimum Gasteiger partial charge on any atom is -0.481 e. The van der Waals surface area contributed by atoms with Crippen molar-refractivity contribution in [1.82, 2.24) is 0 Å². The molecule has 0 amide bonds. The van der Waals surface area contributed by atoms with Gasteiger partial charge in [-0.2, -0.15) is 0 Å². The maximum atomic E-state index is 10.7. The Hall–Kier alpha value is -1.18. The summed E-state index contributed by atoms with van der Waals surface area (Å²) in [4.78, 5) is 20.8. The molecule has 7 N–H and O–H groups in total. The quantitative estimate of drug-likeness (QED) is 0.275. The number of nitrogens with two attached hydrogens (primary N) is 3. The molecule has 0 fully saturated rings. The summed E-state index contributed by atoms with van der Waals surface area (Å²) in [6.07, 6.45) is -1.77. The molecule has 12 heavy (non-hydrogen) atoms. The summed E-state index contributed by atoms with van der Waals surface area (Å²) in [7, 11) is 0. The highest BCUT2D eigenvalue weighted by Gasteiger charge is 2.19. The summed E-state index contributed by atoms with van der Waals surface area (Å²) >= 11 is 0. The molecule has 0 unspecified atom stereocenters. The van der Waals surface area contributed by atoms with E-state index in [1.54, 1.807) is 0 Å². The number of rotatable bonds is 4. The van der Waals surface area contributed by atoms with Crippen LogP contribution in [-0.2, 0) is 14.3 Å². The van der Waals surface area contributed by atoms with Crippen molar-refractivity contribution >= 4 is 11.9 Å². The molecule has 0 bridgehead atoms. The fraction of sp³-hybridized carbons (Fsp3) is 0.600. The smallest absolute Gasteiger partial charge is 0.326 e. The van der Waals surface area contributed by atoms with E-state index in [1.807, 2.05) is 0 Å². The van der Waals surface area contributed by atoms with Gasteiger partial charge in [0.15, 0.2) is 0 Å². The molecule has 0 aliphatic rings. The molecule has 70 valence electrons. The number of carbonyl (C=O) groups is 2. The number of esters is 1. The van der Waals surface area contributed by atoms with Crippen LogP contribution in [0.1, 0.15) is 6.42 Å². The summed E-state index contributed by atoms with van der Waals surface area (Å²) in [6, 6.07) is -1.22. The van der Waals surface area contributed by atoms with Gasteiger partial charge in [0.25, 0.3) is 0 Å². The van der Waals surface area contributed by atoms with Crippen molar-refractivity contribution in [2.45, 2.75) is 18.8 Å². The van der Waals surface area contributed by atoms with Gasteiger partial charge in [-0.25, -0.2) is 0 Å². The monoisotopic (exact) mass is 177 g/mol. The molecule has 0 aliphatic carbocycles. The molecule has 0 radical (unpaired) electrons. The van der Waals surface area contributed by atoms with Crippen LogP contribution in [0.5, 0.6) is 0 Å². The van der Waals surface area contributed by atoms with E-state index in [0.717, 1.165) is 0 Å². The molecule has 0 saturated carbocycles. The van der Waals surface area contributed by atoms with Gasteiger partial charge in [-0.05, 0) is 0 Å². The second kappa shape index (κ2) is 4.65. The number of hydrogen-bond donors (Lipinski definition) is 4. The van der Waals surface area contributed by atoms with E-state index in [1.165, 1.54) is 0 Å². The largest absolute Gasteiger partial charge is 0.481 e. The highest BCUT2D eigenvalue weighted by atomic mass is 16.6. The predicted molar refractivity (Wildman–Crippen MR) is 38.5 cm³/mol. The Morgan fingerprint density at radius 2 is 1.83 bits per heavy atom. The van der Waals surface area contributed by atoms with Crippen molar-refractivity contribution in [2.75, 3.05) is 0 Å². The minimum atomic E-state index is -1.27. The Kier molecular flexibility index (Phi) is 4.19. The third-order valence-corrected chi connectivity index (χ3v) is 0.950. The lowest BCUT2D eigenvalue weighted by atomic mass is 10.2. The van der Waals surface area contributed by atoms with E-state index in [2.05, 4.69) is 4.74 Å². The van der Waals surface area contributed by atoms with E-state index in [-0.39, 0.29) is 0 Å². The Balaban J connectivity index is 3.85. The molecule has 0 rings (SSSR count). The van der Waals surface area contributed by atoms with Crippen LogP contribution in [0.2, 0.25) is 0 Å². The predicted octanol–water partition coefficient (Wildman–Crippen LogP) is -2.47. The molecular formula is C5H11N3O4. The first-order valence-corrected chi connectivity index (χ1v) is 3.12. The number of carboxylic acids is 1. The maximum Gasteiger partial charge on any atom is 0.326 e. The fourth-order valence-electron chi connectivity index (χ4n) is 0.493. The highest BCUT2D eigenvalue weighted by molar-refractivity contribution is 5.81. The summed E-state index contributed by atoms with van der Waals surface area (Å²) in [5, 5.41) is 8.22. The van der Waals surface area contributed by atoms with Gasteiger partial charge in [-0.15, -0.1) is 0 Å². The van der Waals surface area contributed by atoms with E-state index >= 15 is 0 Å². The van der Waals surface area contributed by atoms with Crippen LogP contribution in [0.15, 0.2) is 0 Å². The van der Waals surface area contributed by atoms with E-state index < -0.39 is 30.8 Å². The first-order chi connectivity index (χ1) is 5.43. The van der Waals surface area contributed by atoms with Gasteiger partial charge in [0.05, 0.1) is 6.42 Å². The Morgan fingerprint density at radius 1 is 1.33 bits per heavy atom. The van der Waals surface area contributed by atoms with Gasteiger partial charge in [-0.3, -0.25) is 21.1 Å². The molecule has 7 heteroatoms. The average molecular weight is 177 g/mol. The van der Waals surface area contributed by atoms with Crippen LogP contribution in [-0.4, -0.2) is 29.4 Å². The van der Waals surface area contributed by atoms with E-state index in [4.69, 9.17) is 22.3 Å². The van der Waals surface area contributed by atoms with Gasteiger partial charge in [0.2, 0.25) is 6.35 Å². The summed E-state index contributed by atoms with van der Waals surface area (Å²) in [6.45, 7) is 0. The third kappa shape index (κ3) is 4.61. The zero-order valence-electron chi connectivity index (χ0n) is 6.27. The second-order valence-electron chi connectivity index (χ2n) is 2.11. The molecular weight excluding hydrogens is 166 g/mol. The number of ether oxygens (including phenoxy) is 1. The van der Waals surface area contributed by atoms with E-state index in [0.29, 0.717) is 0 Å². The van der Waals surface area contributed by atoms with Gasteiger partial charge >= 0.3 is 11.9 Å². The van der Waals surface area contributed by atoms with Gasteiger partial charge < -0.3 is 15.6 Å². The standard InChI is InChI=1S/C5H11N3O4/c6-2(1-3(9)10)4(11)12-5(7)8/h2,5H,1,6-8H2,(H,9,10)/t2-/m0/s1. The average Bonchev–Trinajstić information content (AvgIpc) is 1.84. The second-order valence-corrected chi connectivity index (χ2v) is 2.11. The van der Waals surface area contributed by atoms with E-state index in [9.17, 15) is 9.59 Å². The summed E-state index contributed by atoms with van der Waals surface area (Å²) in [5.41, 5.74) is 14.9. The van der Waals surface area contributed by atoms with Crippen molar-refractivity contribution < 1.29 is 19.4 Å². The van der Waals surface area contributed by atoms with Crippen LogP contribution in [0.3, 0.4) is 0 Å². The minimum absolute atomic E-state index is 0.508. The van der Waals surface area contributed by atoms with Crippen molar-refractivity contribution in [3.8, 4) is 0 Å². The molecule has 1 atom stereocenters. The first-order valence-electron chi connectivity index (χ1n) is 3.12. The normalized spacial score (nSPS) is 12.7. The van der Waals surface area contributed by atoms with Gasteiger partial charge in [0, 0.05) is 0 Å². The first kappa shape index (κ1) is 10.8. The van der Waals surface area contributed by atoms with Gasteiger partial charge in [0.1, 0.15) is 6.04 Å². The molecule has 0 saturated heterocycles. The topological polar surface area (TPSA) is 142 Å². The summed E-state index contributed by atoms with van der Waals surface area (Å²) in [5.74, 6) is -2.11. The third-order valence-electron chi connectivity index (χ3n) is 0.950. The number of carboxylic acid groups (broad SMARTS) is 1. The van der Waals surface area contributed by atoms with Crippen LogP contribution >= 0.6 is 0 Å². The van der Waals surface area contributed by atoms with Crippen molar-refractivity contribution in [3.63, 3.8) is 0 Å². The lowest BCUT2D eigenvalue weighted by molar-refractivity contribution is -0.153. The lowest BCUT2D eigenvalue weighted by Gasteiger charge is -2.11. The Bertz CT molecular complexity index is 182. The van der Waals surface area contributed by atoms with Crippen LogP contribution in [0.25, 0.3) is 0 Å². The molecule has 7 nitrogen and oxygen atoms in total. The molecule has 0 aliphatic heterocycles. The number of aliphatic carboxylic acids is 1. The molecule has 0 aromatic rings. The SMILES string of the molecule is NC(N)OC(=O)[C@@H](N)CC(=O)O. The fourth-order valence-corrected chi connectivity index (χ4v) is 0.493. The number of hydrogen-bond acceptors (Lipinski definition) is 6. The zero-order chi connectivity index (χ0) is 9.72. The van der Waals surface area contributed by atoms with Gasteiger partial charge in [-0.1, -0.05) is 0 Å². The van der Waals surface area contributed by atoms with Crippen molar-refractivity contribution in [1.29, 1.82) is 0 Å². The number of carbonyl (C=O) groups excluding carboxylic acids is 1. The lowest BCUT2D eigenvalue weighted by Crippen LogP contribution is -2.42. The highest BCUT2D eigenvalue weighted by Crippen LogP contribution is 1.92. The van der Waals surface area contributed by atoms with Crippen LogP contribution < -0.4 is 17.2 Å². The van der Waals surface area contributed by atoms with Crippen molar-refractivity contribution in [2.24, 2.45) is 17.2 Å². The Labute approximate surface area is 68.4 Å². The van der Waals surface area contributed by atoms with Crippen LogP contribution in [0, 0.1) is 0 Å². The Morgan fingerprint density at radius 3 is 2.17 bits per heavy atom. The molecule has 0 heterocycles. The molecule has 0 aromatic carbocycles. The molecule has 0 spiro atoms. The molecule has 0 aromatic heterocycles. The van der Waals surface area contributed by atoms with Crippen molar-refractivity contribution in [3.05, 3.63) is 0 Å². The van der Waals surface area contributed by atoms with Crippen LogP contribution in [0.4, 0.5) is 0 Å². The summed E-state index contributed by atoms with van der Waals surface area (Å²) < 4.78 is 4.24. The zero-order valence-corrected chi connectivity index (χ0v) is 6.27. The maximum absolute atomic E-state index is 10.7.